The van der Waals surface area contributed by atoms with Crippen molar-refractivity contribution in [1.29, 1.82) is 0 Å². The number of methoxy groups -OCH3 is 1. The number of aliphatic imine (C=N–C) groups is 1. The molecule has 2 amide bonds. The number of amides is 2. The number of fused-ring (bicyclic) bond motifs is 3. The van der Waals surface area contributed by atoms with Gasteiger partial charge in [0, 0.05) is 35.4 Å². The van der Waals surface area contributed by atoms with Gasteiger partial charge in [0.2, 0.25) is 11.8 Å². The Morgan fingerprint density at radius 1 is 0.913 bits per heavy atom. The zero-order valence-electron chi connectivity index (χ0n) is 40.5. The Morgan fingerprint density at radius 2 is 1.58 bits per heavy atom. The minimum Gasteiger partial charge on any atom is -0.486 e. The first-order chi connectivity index (χ1) is 32.9. The van der Waals surface area contributed by atoms with Crippen molar-refractivity contribution < 1.29 is 33.8 Å². The van der Waals surface area contributed by atoms with Crippen LogP contribution in [0.3, 0.4) is 0 Å². The molecule has 360 valence electrons. The highest BCUT2D eigenvalue weighted by Crippen LogP contribution is 2.40. The van der Waals surface area contributed by atoms with Gasteiger partial charge in [0.15, 0.2) is 11.6 Å². The fourth-order valence-corrected chi connectivity index (χ4v) is 11.1. The molecule has 2 N–H and O–H groups in total. The number of aliphatic hydroxyl groups excluding tert-OH is 1. The van der Waals surface area contributed by atoms with E-state index in [1.165, 1.54) is 12.0 Å². The molecular weight excluding hydrogens is 911 g/mol. The molecule has 0 unspecified atom stereocenters. The number of ketones is 1. The van der Waals surface area contributed by atoms with Crippen LogP contribution in [0.1, 0.15) is 115 Å². The quantitative estimate of drug-likeness (QED) is 0.0948. The number of ether oxygens (including phenoxy) is 2. The van der Waals surface area contributed by atoms with E-state index in [0.717, 1.165) is 70.9 Å². The summed E-state index contributed by atoms with van der Waals surface area (Å²) < 4.78 is 13.0. The molecule has 5 atom stereocenters. The van der Waals surface area contributed by atoms with Crippen LogP contribution in [0.4, 0.5) is 0 Å². The molecule has 69 heavy (non-hydrogen) atoms. The maximum Gasteiger partial charge on any atom is 0.308 e. The molecule has 0 bridgehead atoms. The molecule has 0 spiro atoms. The number of aryl methyl sites for hydroxylation is 3. The maximum atomic E-state index is 14.3. The Labute approximate surface area is 410 Å². The van der Waals surface area contributed by atoms with E-state index >= 15 is 0 Å². The second-order valence-corrected chi connectivity index (χ2v) is 21.2. The Hall–Kier alpha value is -6.36. The largest absolute Gasteiger partial charge is 0.486 e. The molecule has 8 rings (SSSR count). The van der Waals surface area contributed by atoms with Crippen molar-refractivity contribution in [3.63, 3.8) is 0 Å². The van der Waals surface area contributed by atoms with Gasteiger partial charge in [0.05, 0.1) is 53.4 Å². The first-order valence-electron chi connectivity index (χ1n) is 23.2. The Balaban J connectivity index is 0.879. The van der Waals surface area contributed by atoms with Gasteiger partial charge < -0.3 is 24.8 Å². The number of carbonyl (C=O) groups is 4. The molecule has 0 saturated carbocycles. The Bertz CT molecular complexity index is 2890. The molecule has 6 aromatic rings. The number of thiophene rings is 1. The molecule has 2 aliphatic rings. The van der Waals surface area contributed by atoms with Gasteiger partial charge in [-0.1, -0.05) is 81.4 Å². The van der Waals surface area contributed by atoms with Crippen molar-refractivity contribution in [2.75, 3.05) is 20.3 Å². The number of aliphatic hydroxyl groups is 1. The van der Waals surface area contributed by atoms with Crippen molar-refractivity contribution in [1.82, 2.24) is 30.0 Å². The number of nitrogens with one attached hydrogen (secondary N) is 1. The van der Waals surface area contributed by atoms with E-state index in [9.17, 15) is 24.3 Å². The lowest BCUT2D eigenvalue weighted by Crippen LogP contribution is -2.50. The van der Waals surface area contributed by atoms with Gasteiger partial charge in [-0.3, -0.25) is 28.7 Å². The first kappa shape index (κ1) is 49.1. The van der Waals surface area contributed by atoms with Crippen molar-refractivity contribution in [3.05, 3.63) is 134 Å². The second kappa shape index (κ2) is 20.3. The molecule has 2 aliphatic heterocycles. The lowest BCUT2D eigenvalue weighted by Gasteiger charge is -2.35. The smallest absolute Gasteiger partial charge is 0.308 e. The molecule has 5 heterocycles. The van der Waals surface area contributed by atoms with Crippen LogP contribution in [0.25, 0.3) is 15.4 Å². The normalized spacial score (nSPS) is 17.6. The van der Waals surface area contributed by atoms with Crippen molar-refractivity contribution in [2.24, 2.45) is 16.3 Å². The molecule has 0 aliphatic carbocycles. The number of β-amino-alcohol motifs (C(OH)–C–C–N with tert-alkyl or cyclic N) is 1. The molecule has 3 aromatic carbocycles. The lowest BCUT2D eigenvalue weighted by molar-refractivity contribution is -0.146. The van der Waals surface area contributed by atoms with E-state index in [2.05, 4.69) is 58.6 Å². The zero-order chi connectivity index (χ0) is 49.3. The Morgan fingerprint density at radius 3 is 2.22 bits per heavy atom. The van der Waals surface area contributed by atoms with Crippen LogP contribution in [-0.2, 0) is 30.3 Å². The van der Waals surface area contributed by atoms with E-state index in [1.54, 1.807) is 22.7 Å². The van der Waals surface area contributed by atoms with Crippen LogP contribution in [0.2, 0.25) is 0 Å². The number of likely N-dealkylation sites (tertiary alicyclic amines) is 1. The highest BCUT2D eigenvalue weighted by atomic mass is 32.1. The number of hydrogen-bond acceptors (Lipinski definition) is 13. The zero-order valence-corrected chi connectivity index (χ0v) is 42.2. The molecule has 1 saturated heterocycles. The van der Waals surface area contributed by atoms with E-state index < -0.39 is 29.5 Å². The van der Waals surface area contributed by atoms with Crippen molar-refractivity contribution in [3.8, 4) is 21.2 Å². The van der Waals surface area contributed by atoms with E-state index in [1.807, 2.05) is 100 Å². The number of rotatable bonds is 15. The number of thiazole rings is 1. The highest BCUT2D eigenvalue weighted by molar-refractivity contribution is 7.15. The average molecular weight is 970 g/mol. The van der Waals surface area contributed by atoms with Gasteiger partial charge in [0.1, 0.15) is 35.3 Å². The first-order valence-corrected chi connectivity index (χ1v) is 24.9. The third kappa shape index (κ3) is 10.6. The summed E-state index contributed by atoms with van der Waals surface area (Å²) in [6.07, 6.45) is -0.144. The summed E-state index contributed by atoms with van der Waals surface area (Å²) in [6.45, 7) is 15.5. The summed E-state index contributed by atoms with van der Waals surface area (Å²) in [5, 5.41) is 23.6. The van der Waals surface area contributed by atoms with Crippen LogP contribution in [0.5, 0.6) is 5.75 Å². The Kier molecular flexibility index (Phi) is 14.4. The van der Waals surface area contributed by atoms with E-state index in [4.69, 9.17) is 14.5 Å². The standard InChI is InChI=1S/C53H59N7O7S2/c1-29-32(4)69-52-46(29)47(56-43(25-45(63)66-9)49-58-57-33(5)60(49)52)37-14-10-34(11-15-37)22-35-12-20-41(21-13-35)67-27-40(62)23-42(53(6,7)8)51(65)59-26-39(61)24-44(59)50(64)55-30(2)36-16-18-38(19-17-36)48-31(3)54-28-68-48/h10-21,28,30,39,42-44,61H,22-27H2,1-9H3,(H,55,64)/t30-,39+,42+,43-,44-/m0/s1. The van der Waals surface area contributed by atoms with Crippen LogP contribution < -0.4 is 10.1 Å². The number of esters is 1. The van der Waals surface area contributed by atoms with Gasteiger partial charge in [0.25, 0.3) is 0 Å². The number of aromatic nitrogens is 4. The monoisotopic (exact) mass is 969 g/mol. The van der Waals surface area contributed by atoms with E-state index in [0.29, 0.717) is 18.0 Å². The predicted molar refractivity (Wildman–Crippen MR) is 267 cm³/mol. The maximum absolute atomic E-state index is 14.3. The minimum atomic E-state index is -0.873. The van der Waals surface area contributed by atoms with Gasteiger partial charge >= 0.3 is 5.97 Å². The fourth-order valence-electron chi connectivity index (χ4n) is 9.10. The molecule has 0 radical (unpaired) electrons. The topological polar surface area (TPSA) is 178 Å². The van der Waals surface area contributed by atoms with Gasteiger partial charge in [-0.25, -0.2) is 4.98 Å². The molecule has 14 nitrogen and oxygen atoms in total. The fraction of sp³-hybridized carbons (Fsp3) is 0.396. The van der Waals surface area contributed by atoms with Crippen LogP contribution in [0.15, 0.2) is 83.3 Å². The summed E-state index contributed by atoms with van der Waals surface area (Å²) in [6, 6.07) is 22.1. The second-order valence-electron chi connectivity index (χ2n) is 19.2. The van der Waals surface area contributed by atoms with Gasteiger partial charge in [-0.2, -0.15) is 0 Å². The van der Waals surface area contributed by atoms with Crippen LogP contribution >= 0.6 is 22.7 Å². The SMILES string of the molecule is COC(=O)C[C@@H]1N=C(c2ccc(Cc3ccc(OCC(=O)C[C@H](C(=O)N4C[C@H](O)C[C@H]4C(=O)N[C@@H](C)c4ccc(-c5scnc5C)cc4)C(C)(C)C)cc3)cc2)c2c(sc(C)c2C)-n2c(C)nnc21. The highest BCUT2D eigenvalue weighted by Gasteiger charge is 2.45. The minimum absolute atomic E-state index is 0.0106. The number of carbonyl (C=O) groups excluding carboxylic acids is 4. The van der Waals surface area contributed by atoms with Gasteiger partial charge in [-0.15, -0.1) is 32.9 Å². The number of hydrogen-bond donors (Lipinski definition) is 2. The number of benzene rings is 3. The summed E-state index contributed by atoms with van der Waals surface area (Å²) >= 11 is 3.24. The average Bonchev–Trinajstić information content (AvgIpc) is 4.09. The van der Waals surface area contributed by atoms with Crippen molar-refractivity contribution in [2.45, 2.75) is 105 Å². The molecule has 16 heteroatoms. The molecular formula is C53H59N7O7S2. The van der Waals surface area contributed by atoms with Crippen LogP contribution in [0, 0.1) is 39.0 Å². The van der Waals surface area contributed by atoms with Gasteiger partial charge in [-0.05, 0) is 86.4 Å². The lowest BCUT2D eigenvalue weighted by atomic mass is 9.77. The molecule has 3 aromatic heterocycles. The van der Waals surface area contributed by atoms with Crippen molar-refractivity contribution >= 4 is 52.0 Å². The number of nitrogens with zero attached hydrogens (tertiary/aromatic N) is 6. The summed E-state index contributed by atoms with van der Waals surface area (Å²) in [7, 11) is 1.37. The summed E-state index contributed by atoms with van der Waals surface area (Å²) in [4.78, 5) is 67.3. The predicted octanol–water partition coefficient (Wildman–Crippen LogP) is 8.57. The van der Waals surface area contributed by atoms with Crippen LogP contribution in [-0.4, -0.2) is 91.4 Å². The summed E-state index contributed by atoms with van der Waals surface area (Å²) in [5.41, 5.74) is 10.1. The third-order valence-corrected chi connectivity index (χ3v) is 15.4. The number of Topliss-reactive ketones (excluding diaryl/α,β-unsaturated/α-hetero) is 1. The summed E-state index contributed by atoms with van der Waals surface area (Å²) in [5.74, 6) is -0.198. The van der Waals surface area contributed by atoms with E-state index in [-0.39, 0.29) is 62.0 Å². The third-order valence-electron chi connectivity index (χ3n) is 13.2. The molecule has 1 fully saturated rings.